The van der Waals surface area contributed by atoms with Gasteiger partial charge in [-0.05, 0) is 26.7 Å². The van der Waals surface area contributed by atoms with Crippen LogP contribution in [0.15, 0.2) is 0 Å². The van der Waals surface area contributed by atoms with Crippen LogP contribution < -0.4 is 5.73 Å². The minimum absolute atomic E-state index is 0.0889. The highest BCUT2D eigenvalue weighted by molar-refractivity contribution is 5.82. The van der Waals surface area contributed by atoms with Crippen molar-refractivity contribution in [1.82, 2.24) is 4.90 Å². The number of carbonyl (C=O) groups excluding carboxylic acids is 2. The Labute approximate surface area is 95.9 Å². The average Bonchev–Trinajstić information content (AvgIpc) is 2.28. The summed E-state index contributed by atoms with van der Waals surface area (Å²) in [4.78, 5) is 24.9. The second kappa shape index (κ2) is 5.84. The molecule has 0 aromatic carbocycles. The number of hydrogen-bond donors (Lipinski definition) is 1. The number of carbonyl (C=O) groups is 2. The molecule has 2 N–H and O–H groups in total. The van der Waals surface area contributed by atoms with Crippen LogP contribution in [0, 0.1) is 5.92 Å². The molecule has 92 valence electrons. The molecule has 0 aromatic rings. The Hall–Kier alpha value is -1.10. The molecule has 1 saturated heterocycles. The second-order valence-corrected chi connectivity index (χ2v) is 4.16. The van der Waals surface area contributed by atoms with Gasteiger partial charge < -0.3 is 15.4 Å². The number of nitrogens with two attached hydrogens (primary N) is 1. The summed E-state index contributed by atoms with van der Waals surface area (Å²) in [5.41, 5.74) is 5.54. The van der Waals surface area contributed by atoms with Gasteiger partial charge in [-0.1, -0.05) is 0 Å². The maximum atomic E-state index is 11.7. The van der Waals surface area contributed by atoms with Gasteiger partial charge in [-0.15, -0.1) is 0 Å². The number of rotatable bonds is 3. The first kappa shape index (κ1) is 13.0. The maximum absolute atomic E-state index is 11.7. The molecule has 1 aliphatic heterocycles. The van der Waals surface area contributed by atoms with Crippen molar-refractivity contribution in [3.05, 3.63) is 0 Å². The summed E-state index contributed by atoms with van der Waals surface area (Å²) in [7, 11) is 0. The molecule has 5 nitrogen and oxygen atoms in total. The molecule has 1 heterocycles. The zero-order chi connectivity index (χ0) is 12.1. The first-order valence-corrected chi connectivity index (χ1v) is 5.77. The van der Waals surface area contributed by atoms with Crippen LogP contribution in [0.25, 0.3) is 0 Å². The summed E-state index contributed by atoms with van der Waals surface area (Å²) in [6.45, 7) is 4.97. The average molecular weight is 228 g/mol. The van der Waals surface area contributed by atoms with Crippen LogP contribution in [0.2, 0.25) is 0 Å². The van der Waals surface area contributed by atoms with Crippen LogP contribution in [-0.2, 0) is 14.3 Å². The molecule has 1 amide bonds. The van der Waals surface area contributed by atoms with Crippen molar-refractivity contribution in [2.24, 2.45) is 11.7 Å². The molecule has 1 fully saturated rings. The van der Waals surface area contributed by atoms with E-state index >= 15 is 0 Å². The third-order valence-electron chi connectivity index (χ3n) is 2.74. The van der Waals surface area contributed by atoms with E-state index in [1.807, 2.05) is 0 Å². The molecule has 16 heavy (non-hydrogen) atoms. The molecule has 0 aliphatic carbocycles. The Morgan fingerprint density at radius 2 is 2.25 bits per heavy atom. The first-order chi connectivity index (χ1) is 7.56. The molecule has 0 radical (unpaired) electrons. The highest BCUT2D eigenvalue weighted by Crippen LogP contribution is 2.18. The van der Waals surface area contributed by atoms with Gasteiger partial charge in [0, 0.05) is 13.1 Å². The zero-order valence-corrected chi connectivity index (χ0v) is 9.94. The summed E-state index contributed by atoms with van der Waals surface area (Å²) in [6.07, 6.45) is 1.63. The minimum atomic E-state index is -0.499. The fourth-order valence-electron chi connectivity index (χ4n) is 1.92. The Balaban J connectivity index is 2.53. The van der Waals surface area contributed by atoms with Crippen LogP contribution in [0.4, 0.5) is 0 Å². The first-order valence-electron chi connectivity index (χ1n) is 5.77. The van der Waals surface area contributed by atoms with Crippen LogP contribution >= 0.6 is 0 Å². The Bertz CT molecular complexity index is 266. The van der Waals surface area contributed by atoms with Crippen molar-refractivity contribution in [3.63, 3.8) is 0 Å². The van der Waals surface area contributed by atoms with Gasteiger partial charge >= 0.3 is 5.97 Å². The quantitative estimate of drug-likeness (QED) is 0.697. The molecule has 0 saturated carbocycles. The Morgan fingerprint density at radius 1 is 1.56 bits per heavy atom. The van der Waals surface area contributed by atoms with Crippen molar-refractivity contribution < 1.29 is 14.3 Å². The molecule has 0 aromatic heterocycles. The molecule has 2 atom stereocenters. The predicted molar refractivity (Wildman–Crippen MR) is 59.6 cm³/mol. The largest absolute Gasteiger partial charge is 0.466 e. The van der Waals surface area contributed by atoms with Gasteiger partial charge in [-0.2, -0.15) is 0 Å². The van der Waals surface area contributed by atoms with Gasteiger partial charge in [0.05, 0.1) is 18.6 Å². The minimum Gasteiger partial charge on any atom is -0.466 e. The third kappa shape index (κ3) is 3.20. The SMILES string of the molecule is CCOC(=O)C1CCCN(C(=O)[C@@H](C)N)C1. The van der Waals surface area contributed by atoms with Crippen molar-refractivity contribution in [1.29, 1.82) is 0 Å². The number of ether oxygens (including phenoxy) is 1. The van der Waals surface area contributed by atoms with Gasteiger partial charge in [0.25, 0.3) is 0 Å². The molecule has 1 aliphatic rings. The lowest BCUT2D eigenvalue weighted by Crippen LogP contribution is -2.48. The van der Waals surface area contributed by atoms with Crippen molar-refractivity contribution in [2.75, 3.05) is 19.7 Å². The van der Waals surface area contributed by atoms with Crippen molar-refractivity contribution >= 4 is 11.9 Å². The summed E-state index contributed by atoms with van der Waals surface area (Å²) >= 11 is 0. The fourth-order valence-corrected chi connectivity index (χ4v) is 1.92. The number of likely N-dealkylation sites (tertiary alicyclic amines) is 1. The van der Waals surface area contributed by atoms with Gasteiger partial charge in [0.2, 0.25) is 5.91 Å². The lowest BCUT2D eigenvalue weighted by Gasteiger charge is -2.32. The summed E-state index contributed by atoms with van der Waals surface area (Å²) < 4.78 is 4.96. The van der Waals surface area contributed by atoms with E-state index in [-0.39, 0.29) is 17.8 Å². The summed E-state index contributed by atoms with van der Waals surface area (Å²) in [5.74, 6) is -0.477. The van der Waals surface area contributed by atoms with E-state index in [0.29, 0.717) is 19.7 Å². The van der Waals surface area contributed by atoms with E-state index in [0.717, 1.165) is 12.8 Å². The fraction of sp³-hybridized carbons (Fsp3) is 0.818. The van der Waals surface area contributed by atoms with Crippen molar-refractivity contribution in [3.8, 4) is 0 Å². The molecule has 1 rings (SSSR count). The normalized spacial score (nSPS) is 22.7. The molecule has 5 heteroatoms. The van der Waals surface area contributed by atoms with E-state index in [2.05, 4.69) is 0 Å². The van der Waals surface area contributed by atoms with Gasteiger partial charge in [0.15, 0.2) is 0 Å². The molecular weight excluding hydrogens is 208 g/mol. The highest BCUT2D eigenvalue weighted by atomic mass is 16.5. The van der Waals surface area contributed by atoms with E-state index in [1.165, 1.54) is 0 Å². The lowest BCUT2D eigenvalue weighted by molar-refractivity contribution is -0.151. The second-order valence-electron chi connectivity index (χ2n) is 4.16. The standard InChI is InChI=1S/C11H20N2O3/c1-3-16-11(15)9-5-4-6-13(7-9)10(14)8(2)12/h8-9H,3-7,12H2,1-2H3/t8-,9?/m1/s1. The molecule has 1 unspecified atom stereocenters. The summed E-state index contributed by atoms with van der Waals surface area (Å²) in [5, 5.41) is 0. The molecule has 0 spiro atoms. The third-order valence-corrected chi connectivity index (χ3v) is 2.74. The van der Waals surface area contributed by atoms with E-state index in [1.54, 1.807) is 18.7 Å². The number of piperidine rings is 1. The van der Waals surface area contributed by atoms with Crippen molar-refractivity contribution in [2.45, 2.75) is 32.7 Å². The lowest BCUT2D eigenvalue weighted by atomic mass is 9.98. The van der Waals surface area contributed by atoms with E-state index in [9.17, 15) is 9.59 Å². The van der Waals surface area contributed by atoms with E-state index in [4.69, 9.17) is 10.5 Å². The topological polar surface area (TPSA) is 72.6 Å². The van der Waals surface area contributed by atoms with Crippen LogP contribution in [0.1, 0.15) is 26.7 Å². The maximum Gasteiger partial charge on any atom is 0.310 e. The number of amides is 1. The van der Waals surface area contributed by atoms with Crippen LogP contribution in [0.5, 0.6) is 0 Å². The monoisotopic (exact) mass is 228 g/mol. The van der Waals surface area contributed by atoms with Gasteiger partial charge in [0.1, 0.15) is 0 Å². The summed E-state index contributed by atoms with van der Waals surface area (Å²) in [6, 6.07) is -0.499. The predicted octanol–water partition coefficient (Wildman–Crippen LogP) is 0.135. The Morgan fingerprint density at radius 3 is 2.81 bits per heavy atom. The smallest absolute Gasteiger partial charge is 0.310 e. The zero-order valence-electron chi connectivity index (χ0n) is 9.94. The Kier molecular flexibility index (Phi) is 4.73. The van der Waals surface area contributed by atoms with Crippen LogP contribution in [0.3, 0.4) is 0 Å². The van der Waals surface area contributed by atoms with Gasteiger partial charge in [-0.3, -0.25) is 9.59 Å². The number of esters is 1. The van der Waals surface area contributed by atoms with Crippen LogP contribution in [-0.4, -0.2) is 42.5 Å². The number of hydrogen-bond acceptors (Lipinski definition) is 4. The number of nitrogens with zero attached hydrogens (tertiary/aromatic N) is 1. The van der Waals surface area contributed by atoms with E-state index < -0.39 is 6.04 Å². The molecule has 0 bridgehead atoms. The van der Waals surface area contributed by atoms with Gasteiger partial charge in [-0.25, -0.2) is 0 Å². The highest BCUT2D eigenvalue weighted by Gasteiger charge is 2.30. The molecular formula is C11H20N2O3.